The second-order valence-electron chi connectivity index (χ2n) is 5.41. The van der Waals surface area contributed by atoms with Gasteiger partial charge in [0.1, 0.15) is 5.75 Å². The topological polar surface area (TPSA) is 75.7 Å². The van der Waals surface area contributed by atoms with Crippen LogP contribution in [-0.2, 0) is 14.8 Å². The number of carbonyl (C=O) groups is 1. The number of methoxy groups -OCH3 is 1. The van der Waals surface area contributed by atoms with Gasteiger partial charge in [-0.3, -0.25) is 4.79 Å². The van der Waals surface area contributed by atoms with Crippen LogP contribution in [0.2, 0.25) is 0 Å². The van der Waals surface area contributed by atoms with E-state index in [4.69, 9.17) is 4.74 Å². The molecule has 0 radical (unpaired) electrons. The van der Waals surface area contributed by atoms with Crippen molar-refractivity contribution in [3.05, 3.63) is 60.2 Å². The minimum Gasteiger partial charge on any atom is -0.497 e. The van der Waals surface area contributed by atoms with E-state index in [1.54, 1.807) is 31.4 Å². The third-order valence-corrected chi connectivity index (χ3v) is 5.21. The van der Waals surface area contributed by atoms with Gasteiger partial charge in [-0.05, 0) is 42.0 Å². The highest BCUT2D eigenvalue weighted by Gasteiger charge is 2.17. The Morgan fingerprint density at radius 3 is 2.52 bits per heavy atom. The van der Waals surface area contributed by atoms with E-state index in [9.17, 15) is 13.2 Å². The third-order valence-electron chi connectivity index (χ3n) is 3.40. The number of amides is 1. The number of benzene rings is 2. The van der Waals surface area contributed by atoms with Gasteiger partial charge >= 0.3 is 0 Å². The molecule has 0 bridgehead atoms. The highest BCUT2D eigenvalue weighted by molar-refractivity contribution is 7.89. The molecule has 1 amide bonds. The lowest BCUT2D eigenvalue weighted by atomic mass is 10.2. The average molecular weight is 360 g/mol. The fourth-order valence-electron chi connectivity index (χ4n) is 2.05. The summed E-state index contributed by atoms with van der Waals surface area (Å²) < 4.78 is 30.5. The molecule has 0 heterocycles. The Balaban J connectivity index is 2.12. The first-order chi connectivity index (χ1) is 11.8. The van der Waals surface area contributed by atoms with E-state index in [-0.39, 0.29) is 10.8 Å². The van der Waals surface area contributed by atoms with Crippen LogP contribution >= 0.6 is 0 Å². The van der Waals surface area contributed by atoms with Crippen molar-refractivity contribution >= 4 is 27.7 Å². The van der Waals surface area contributed by atoms with Crippen LogP contribution < -0.4 is 10.1 Å². The number of nitrogens with zero attached hydrogens (tertiary/aromatic N) is 1. The molecular weight excluding hydrogens is 340 g/mol. The van der Waals surface area contributed by atoms with Crippen LogP contribution in [0.15, 0.2) is 59.5 Å². The lowest BCUT2D eigenvalue weighted by Gasteiger charge is -2.12. The number of carbonyl (C=O) groups excluding carboxylic acids is 1. The van der Waals surface area contributed by atoms with E-state index in [0.717, 1.165) is 9.87 Å². The quantitative estimate of drug-likeness (QED) is 0.804. The van der Waals surface area contributed by atoms with Gasteiger partial charge in [0, 0.05) is 25.9 Å². The summed E-state index contributed by atoms with van der Waals surface area (Å²) in [5.74, 6) is 0.339. The van der Waals surface area contributed by atoms with E-state index in [1.165, 1.54) is 32.3 Å². The molecular formula is C18H20N2O4S. The van der Waals surface area contributed by atoms with Crippen molar-refractivity contribution in [3.63, 3.8) is 0 Å². The summed E-state index contributed by atoms with van der Waals surface area (Å²) in [5.41, 5.74) is 1.22. The van der Waals surface area contributed by atoms with Gasteiger partial charge < -0.3 is 10.1 Å². The van der Waals surface area contributed by atoms with E-state index in [0.29, 0.717) is 11.4 Å². The molecule has 25 heavy (non-hydrogen) atoms. The lowest BCUT2D eigenvalue weighted by molar-refractivity contribution is -0.111. The maximum absolute atomic E-state index is 12.1. The molecule has 0 atom stereocenters. The number of ether oxygens (including phenoxy) is 1. The van der Waals surface area contributed by atoms with Crippen molar-refractivity contribution < 1.29 is 17.9 Å². The van der Waals surface area contributed by atoms with Gasteiger partial charge in [-0.1, -0.05) is 18.2 Å². The van der Waals surface area contributed by atoms with Crippen molar-refractivity contribution in [1.29, 1.82) is 0 Å². The summed E-state index contributed by atoms with van der Waals surface area (Å²) in [4.78, 5) is 12.2. The fraction of sp³-hybridized carbons (Fsp3) is 0.167. The zero-order chi connectivity index (χ0) is 18.4. The molecule has 2 aromatic rings. The molecule has 132 valence electrons. The predicted molar refractivity (Wildman–Crippen MR) is 98.0 cm³/mol. The zero-order valence-electron chi connectivity index (χ0n) is 14.3. The highest BCUT2D eigenvalue weighted by atomic mass is 32.2. The van der Waals surface area contributed by atoms with Crippen molar-refractivity contribution in [2.24, 2.45) is 0 Å². The first kappa shape index (κ1) is 18.7. The van der Waals surface area contributed by atoms with Gasteiger partial charge in [-0.25, -0.2) is 12.7 Å². The van der Waals surface area contributed by atoms with E-state index in [1.807, 2.05) is 18.2 Å². The van der Waals surface area contributed by atoms with Crippen molar-refractivity contribution in [2.45, 2.75) is 4.90 Å². The molecule has 0 aliphatic carbocycles. The van der Waals surface area contributed by atoms with Gasteiger partial charge in [-0.2, -0.15) is 0 Å². The molecule has 2 aromatic carbocycles. The Morgan fingerprint density at radius 2 is 1.84 bits per heavy atom. The second kappa shape index (κ2) is 7.96. The van der Waals surface area contributed by atoms with Gasteiger partial charge in [0.15, 0.2) is 0 Å². The summed E-state index contributed by atoms with van der Waals surface area (Å²) in [6.45, 7) is 0. The largest absolute Gasteiger partial charge is 0.497 e. The van der Waals surface area contributed by atoms with Gasteiger partial charge in [-0.15, -0.1) is 0 Å². The molecule has 0 saturated heterocycles. The molecule has 6 nitrogen and oxygen atoms in total. The molecule has 0 aliphatic heterocycles. The lowest BCUT2D eigenvalue weighted by Crippen LogP contribution is -2.22. The van der Waals surface area contributed by atoms with Crippen LogP contribution in [0, 0.1) is 0 Å². The van der Waals surface area contributed by atoms with Gasteiger partial charge in [0.25, 0.3) is 0 Å². The van der Waals surface area contributed by atoms with Crippen molar-refractivity contribution in [1.82, 2.24) is 4.31 Å². The van der Waals surface area contributed by atoms with Gasteiger partial charge in [0.2, 0.25) is 15.9 Å². The summed E-state index contributed by atoms with van der Waals surface area (Å²) >= 11 is 0. The maximum atomic E-state index is 12.1. The molecule has 0 fully saturated rings. The summed E-state index contributed by atoms with van der Waals surface area (Å²) in [7, 11) is 0.937. The molecule has 2 rings (SSSR count). The number of sulfonamides is 1. The monoisotopic (exact) mass is 360 g/mol. The Labute approximate surface area is 147 Å². The zero-order valence-corrected chi connectivity index (χ0v) is 15.1. The number of hydrogen-bond acceptors (Lipinski definition) is 4. The van der Waals surface area contributed by atoms with E-state index < -0.39 is 10.0 Å². The van der Waals surface area contributed by atoms with Crippen LogP contribution in [0.4, 0.5) is 5.69 Å². The summed E-state index contributed by atoms with van der Waals surface area (Å²) in [6.07, 6.45) is 3.03. The van der Waals surface area contributed by atoms with E-state index >= 15 is 0 Å². The molecule has 0 aliphatic rings. The standard InChI is InChI=1S/C18H20N2O4S/c1-20(2)25(22,23)17-9-5-7-15(13-17)19-18(21)11-10-14-6-4-8-16(12-14)24-3/h4-13H,1-3H3,(H,19,21)/b11-10+. The summed E-state index contributed by atoms with van der Waals surface area (Å²) in [6, 6.07) is 13.4. The first-order valence-corrected chi connectivity index (χ1v) is 8.92. The molecule has 1 N–H and O–H groups in total. The second-order valence-corrected chi connectivity index (χ2v) is 7.57. The molecule has 0 aromatic heterocycles. The predicted octanol–water partition coefficient (Wildman–Crippen LogP) is 2.60. The number of rotatable bonds is 6. The minimum absolute atomic E-state index is 0.118. The van der Waals surface area contributed by atoms with Crippen LogP contribution in [0.3, 0.4) is 0 Å². The smallest absolute Gasteiger partial charge is 0.248 e. The Kier molecular flexibility index (Phi) is 5.95. The molecule has 0 unspecified atom stereocenters. The Bertz CT molecular complexity index is 889. The van der Waals surface area contributed by atoms with Crippen LogP contribution in [0.5, 0.6) is 5.75 Å². The fourth-order valence-corrected chi connectivity index (χ4v) is 2.99. The minimum atomic E-state index is -3.55. The maximum Gasteiger partial charge on any atom is 0.248 e. The van der Waals surface area contributed by atoms with Gasteiger partial charge in [0.05, 0.1) is 12.0 Å². The molecule has 0 saturated carbocycles. The van der Waals surface area contributed by atoms with Crippen LogP contribution in [0.1, 0.15) is 5.56 Å². The third kappa shape index (κ3) is 4.91. The SMILES string of the molecule is COc1cccc(/C=C/C(=O)Nc2cccc(S(=O)(=O)N(C)C)c2)c1. The highest BCUT2D eigenvalue weighted by Crippen LogP contribution is 2.18. The Morgan fingerprint density at radius 1 is 1.12 bits per heavy atom. The van der Waals surface area contributed by atoms with Crippen molar-refractivity contribution in [2.75, 3.05) is 26.5 Å². The number of anilines is 1. The van der Waals surface area contributed by atoms with Crippen LogP contribution in [0.25, 0.3) is 6.08 Å². The number of hydrogen-bond donors (Lipinski definition) is 1. The normalized spacial score (nSPS) is 11.7. The molecule has 0 spiro atoms. The molecule has 7 heteroatoms. The Hall–Kier alpha value is -2.64. The number of nitrogens with one attached hydrogen (secondary N) is 1. The van der Waals surface area contributed by atoms with E-state index in [2.05, 4.69) is 5.32 Å². The summed E-state index contributed by atoms with van der Waals surface area (Å²) in [5, 5.41) is 2.65. The average Bonchev–Trinajstić information content (AvgIpc) is 2.60. The van der Waals surface area contributed by atoms with Crippen LogP contribution in [-0.4, -0.2) is 39.8 Å². The first-order valence-electron chi connectivity index (χ1n) is 7.48. The van der Waals surface area contributed by atoms with Crippen molar-refractivity contribution in [3.8, 4) is 5.75 Å².